The highest BCUT2D eigenvalue weighted by Crippen LogP contribution is 2.15. The van der Waals surface area contributed by atoms with Gasteiger partial charge < -0.3 is 10.2 Å². The molecule has 2 N–H and O–H groups in total. The largest absolute Gasteiger partial charge is 0.354 e. The number of hydrogen-bond acceptors (Lipinski definition) is 4. The Bertz CT molecular complexity index is 439. The Hall–Kier alpha value is -1.53. The predicted molar refractivity (Wildman–Crippen MR) is 74.8 cm³/mol. The topological polar surface area (TPSA) is 61.4 Å². The van der Waals surface area contributed by atoms with E-state index >= 15 is 0 Å². The number of rotatable bonds is 6. The van der Waals surface area contributed by atoms with Gasteiger partial charge in [-0.1, -0.05) is 18.2 Å². The molecule has 0 saturated carbocycles. The fourth-order valence-electron chi connectivity index (χ4n) is 1.75. The van der Waals surface area contributed by atoms with Crippen LogP contribution < -0.4 is 10.6 Å². The number of hydrogen-bond donors (Lipinski definition) is 2. The van der Waals surface area contributed by atoms with Crippen LogP contribution in [0.4, 0.5) is 0 Å². The second kappa shape index (κ2) is 7.16. The Kier molecular flexibility index (Phi) is 5.23. The molecule has 5 nitrogen and oxygen atoms in total. The molecular formula is C13H17N3O2S. The molecule has 1 saturated heterocycles. The Morgan fingerprint density at radius 1 is 1.37 bits per heavy atom. The summed E-state index contributed by atoms with van der Waals surface area (Å²) in [6.07, 6.45) is 0. The van der Waals surface area contributed by atoms with E-state index in [1.807, 2.05) is 30.3 Å². The van der Waals surface area contributed by atoms with Crippen LogP contribution in [0, 0.1) is 0 Å². The zero-order valence-corrected chi connectivity index (χ0v) is 11.4. The lowest BCUT2D eigenvalue weighted by atomic mass is 10.4. The van der Waals surface area contributed by atoms with E-state index in [0.717, 1.165) is 5.75 Å². The van der Waals surface area contributed by atoms with Gasteiger partial charge in [0.2, 0.25) is 11.8 Å². The molecule has 0 bridgehead atoms. The van der Waals surface area contributed by atoms with Crippen molar-refractivity contribution in [2.45, 2.75) is 4.90 Å². The lowest BCUT2D eigenvalue weighted by Gasteiger charge is -2.13. The van der Waals surface area contributed by atoms with E-state index in [0.29, 0.717) is 19.8 Å². The molecule has 0 radical (unpaired) electrons. The van der Waals surface area contributed by atoms with Gasteiger partial charge >= 0.3 is 0 Å². The van der Waals surface area contributed by atoms with Crippen LogP contribution >= 0.6 is 11.8 Å². The Morgan fingerprint density at radius 3 is 2.84 bits per heavy atom. The molecule has 102 valence electrons. The average Bonchev–Trinajstić information content (AvgIpc) is 2.82. The number of thioether (sulfide) groups is 1. The van der Waals surface area contributed by atoms with Gasteiger partial charge in [0.1, 0.15) is 6.54 Å². The zero-order valence-electron chi connectivity index (χ0n) is 10.6. The number of nitrogens with zero attached hydrogens (tertiary/aromatic N) is 1. The van der Waals surface area contributed by atoms with Gasteiger partial charge in [0.05, 0.1) is 13.2 Å². The molecule has 1 aromatic rings. The highest BCUT2D eigenvalue weighted by Gasteiger charge is 2.21. The molecule has 1 heterocycles. The molecule has 1 aliphatic rings. The third kappa shape index (κ3) is 4.57. The van der Waals surface area contributed by atoms with Crippen LogP contribution in [0.25, 0.3) is 0 Å². The first kappa shape index (κ1) is 13.9. The molecule has 6 heteroatoms. The molecule has 0 spiro atoms. The van der Waals surface area contributed by atoms with Crippen LogP contribution in [0.1, 0.15) is 0 Å². The Balaban J connectivity index is 1.60. The second-order valence-electron chi connectivity index (χ2n) is 4.19. The first-order chi connectivity index (χ1) is 9.25. The maximum absolute atomic E-state index is 11.6. The quantitative estimate of drug-likeness (QED) is 0.580. The maximum atomic E-state index is 11.6. The molecular weight excluding hydrogens is 262 g/mol. The van der Waals surface area contributed by atoms with Crippen molar-refractivity contribution in [2.24, 2.45) is 0 Å². The molecule has 2 rings (SSSR count). The number of nitrogens with one attached hydrogen (secondary N) is 2. The average molecular weight is 279 g/mol. The van der Waals surface area contributed by atoms with Gasteiger partial charge in [0, 0.05) is 17.2 Å². The van der Waals surface area contributed by atoms with E-state index in [9.17, 15) is 9.59 Å². The predicted octanol–water partition coefficient (Wildman–Crippen LogP) is 0.284. The molecule has 1 aliphatic heterocycles. The lowest BCUT2D eigenvalue weighted by Crippen LogP contribution is -2.39. The molecule has 2 amide bonds. The van der Waals surface area contributed by atoms with Crippen LogP contribution in [0.5, 0.6) is 0 Å². The SMILES string of the molecule is O=C(CN1CNCC1=O)NCCSc1ccccc1. The molecule has 19 heavy (non-hydrogen) atoms. The molecule has 1 fully saturated rings. The minimum atomic E-state index is -0.106. The lowest BCUT2D eigenvalue weighted by molar-refractivity contribution is -0.132. The smallest absolute Gasteiger partial charge is 0.239 e. The minimum Gasteiger partial charge on any atom is -0.354 e. The summed E-state index contributed by atoms with van der Waals surface area (Å²) in [5, 5.41) is 5.73. The van der Waals surface area contributed by atoms with Gasteiger partial charge in [-0.15, -0.1) is 11.8 Å². The molecule has 0 aliphatic carbocycles. The summed E-state index contributed by atoms with van der Waals surface area (Å²) in [4.78, 5) is 25.6. The van der Waals surface area contributed by atoms with Crippen LogP contribution in [0.3, 0.4) is 0 Å². The number of carbonyl (C=O) groups is 2. The maximum Gasteiger partial charge on any atom is 0.239 e. The van der Waals surface area contributed by atoms with Gasteiger partial charge in [-0.05, 0) is 12.1 Å². The van der Waals surface area contributed by atoms with Crippen LogP contribution in [0.2, 0.25) is 0 Å². The van der Waals surface area contributed by atoms with Gasteiger partial charge in [0.15, 0.2) is 0 Å². The second-order valence-corrected chi connectivity index (χ2v) is 5.36. The fourth-order valence-corrected chi connectivity index (χ4v) is 2.54. The Labute approximate surface area is 116 Å². The highest BCUT2D eigenvalue weighted by molar-refractivity contribution is 7.99. The van der Waals surface area contributed by atoms with Gasteiger partial charge in [0.25, 0.3) is 0 Å². The summed E-state index contributed by atoms with van der Waals surface area (Å²) in [6, 6.07) is 10.1. The van der Waals surface area contributed by atoms with Gasteiger partial charge in [-0.2, -0.15) is 0 Å². The van der Waals surface area contributed by atoms with E-state index in [1.165, 1.54) is 9.80 Å². The van der Waals surface area contributed by atoms with Crippen molar-refractivity contribution in [3.63, 3.8) is 0 Å². The standard InChI is InChI=1S/C13H17N3O2S/c17-12(9-16-10-14-8-13(16)18)15-6-7-19-11-4-2-1-3-5-11/h1-5,14H,6-10H2,(H,15,17). The van der Waals surface area contributed by atoms with Crippen molar-refractivity contribution in [1.82, 2.24) is 15.5 Å². The summed E-state index contributed by atoms with van der Waals surface area (Å²) in [6.45, 7) is 1.54. The molecule has 0 aromatic heterocycles. The monoisotopic (exact) mass is 279 g/mol. The van der Waals surface area contributed by atoms with Crippen molar-refractivity contribution in [3.8, 4) is 0 Å². The number of carbonyl (C=O) groups excluding carboxylic acids is 2. The van der Waals surface area contributed by atoms with Crippen LogP contribution in [0.15, 0.2) is 35.2 Å². The Morgan fingerprint density at radius 2 is 2.16 bits per heavy atom. The normalized spacial score (nSPS) is 14.7. The first-order valence-corrected chi connectivity index (χ1v) is 7.17. The third-order valence-corrected chi connectivity index (χ3v) is 3.72. The number of amides is 2. The first-order valence-electron chi connectivity index (χ1n) is 6.19. The fraction of sp³-hybridized carbons (Fsp3) is 0.385. The van der Waals surface area contributed by atoms with Crippen molar-refractivity contribution < 1.29 is 9.59 Å². The van der Waals surface area contributed by atoms with E-state index < -0.39 is 0 Å². The van der Waals surface area contributed by atoms with Crippen molar-refractivity contribution in [2.75, 3.05) is 32.1 Å². The number of benzene rings is 1. The van der Waals surface area contributed by atoms with Crippen molar-refractivity contribution in [1.29, 1.82) is 0 Å². The minimum absolute atomic E-state index is 0.0196. The third-order valence-electron chi connectivity index (χ3n) is 2.70. The summed E-state index contributed by atoms with van der Waals surface area (Å²) in [5.74, 6) is 0.696. The summed E-state index contributed by atoms with van der Waals surface area (Å²) in [7, 11) is 0. The highest BCUT2D eigenvalue weighted by atomic mass is 32.2. The van der Waals surface area contributed by atoms with E-state index in [4.69, 9.17) is 0 Å². The van der Waals surface area contributed by atoms with E-state index in [2.05, 4.69) is 10.6 Å². The van der Waals surface area contributed by atoms with Gasteiger partial charge in [-0.3, -0.25) is 14.9 Å². The van der Waals surface area contributed by atoms with Crippen molar-refractivity contribution >= 4 is 23.6 Å². The molecule has 1 aromatic carbocycles. The van der Waals surface area contributed by atoms with E-state index in [-0.39, 0.29) is 18.4 Å². The van der Waals surface area contributed by atoms with Gasteiger partial charge in [-0.25, -0.2) is 0 Å². The summed E-state index contributed by atoms with van der Waals surface area (Å²) in [5.41, 5.74) is 0. The molecule has 0 unspecified atom stereocenters. The summed E-state index contributed by atoms with van der Waals surface area (Å²) >= 11 is 1.70. The zero-order chi connectivity index (χ0) is 13.5. The van der Waals surface area contributed by atoms with E-state index in [1.54, 1.807) is 11.8 Å². The summed E-state index contributed by atoms with van der Waals surface area (Å²) < 4.78 is 0. The van der Waals surface area contributed by atoms with Crippen LogP contribution in [-0.4, -0.2) is 48.8 Å². The van der Waals surface area contributed by atoms with Crippen LogP contribution in [-0.2, 0) is 9.59 Å². The molecule has 0 atom stereocenters. The van der Waals surface area contributed by atoms with Crippen molar-refractivity contribution in [3.05, 3.63) is 30.3 Å².